The average Bonchev–Trinajstić information content (AvgIpc) is 2.53. The summed E-state index contributed by atoms with van der Waals surface area (Å²) in [6.07, 6.45) is 2.63. The Bertz CT molecular complexity index is 561. The highest BCUT2D eigenvalue weighted by atomic mass is 16.2. The summed E-state index contributed by atoms with van der Waals surface area (Å²) < 4.78 is 0. The van der Waals surface area contributed by atoms with Gasteiger partial charge in [-0.25, -0.2) is 4.90 Å². The number of nitrogens with two attached hydrogens (primary N) is 1. The van der Waals surface area contributed by atoms with Crippen LogP contribution in [0.3, 0.4) is 0 Å². The lowest BCUT2D eigenvalue weighted by atomic mass is 10.1. The van der Waals surface area contributed by atoms with Crippen molar-refractivity contribution < 1.29 is 14.4 Å². The second-order valence-corrected chi connectivity index (χ2v) is 3.55. The molecule has 1 heterocycles. The number of fused-ring (bicyclic) bond motifs is 1. The molecule has 3 amide bonds. The van der Waals surface area contributed by atoms with Crippen LogP contribution in [0.5, 0.6) is 0 Å². The molecule has 17 heavy (non-hydrogen) atoms. The number of imide groups is 3. The molecule has 0 saturated heterocycles. The Balaban J connectivity index is 2.53. The first-order chi connectivity index (χ1) is 8.07. The molecule has 0 radical (unpaired) electrons. The van der Waals surface area contributed by atoms with Crippen LogP contribution in [-0.4, -0.2) is 22.6 Å². The summed E-state index contributed by atoms with van der Waals surface area (Å²) in [5.74, 6) is -1.94. The lowest BCUT2D eigenvalue weighted by Crippen LogP contribution is -2.34. The summed E-state index contributed by atoms with van der Waals surface area (Å²) in [5, 5.41) is 0. The van der Waals surface area contributed by atoms with Crippen molar-refractivity contribution >= 4 is 23.4 Å². The summed E-state index contributed by atoms with van der Waals surface area (Å²) in [7, 11) is 0. The van der Waals surface area contributed by atoms with Crippen molar-refractivity contribution in [2.45, 2.75) is 6.92 Å². The molecule has 1 aromatic rings. The number of carbonyl (C=O) groups is 3. The van der Waals surface area contributed by atoms with Crippen LogP contribution >= 0.6 is 0 Å². The van der Waals surface area contributed by atoms with Crippen molar-refractivity contribution in [3.63, 3.8) is 0 Å². The van der Waals surface area contributed by atoms with E-state index in [0.29, 0.717) is 4.90 Å². The van der Waals surface area contributed by atoms with Gasteiger partial charge in [-0.1, -0.05) is 12.1 Å². The molecule has 0 aromatic heterocycles. The predicted molar refractivity (Wildman–Crippen MR) is 61.2 cm³/mol. The number of allylic oxidation sites excluding steroid dienone is 1. The number of anilines is 1. The fourth-order valence-corrected chi connectivity index (χ4v) is 1.73. The highest BCUT2D eigenvalue weighted by molar-refractivity contribution is 6.31. The van der Waals surface area contributed by atoms with Gasteiger partial charge in [-0.2, -0.15) is 0 Å². The SMILES string of the molecule is CC=CC(=O)N1C(=O)c2cccc(N)c2C1=O. The number of hydrogen-bond acceptors (Lipinski definition) is 4. The van der Waals surface area contributed by atoms with E-state index in [4.69, 9.17) is 5.73 Å². The second kappa shape index (κ2) is 3.86. The van der Waals surface area contributed by atoms with Crippen molar-refractivity contribution in [3.05, 3.63) is 41.5 Å². The predicted octanol–water partition coefficient (Wildman–Crippen LogP) is 0.968. The minimum absolute atomic E-state index is 0.107. The molecule has 86 valence electrons. The first-order valence-electron chi connectivity index (χ1n) is 5.02. The summed E-state index contributed by atoms with van der Waals surface area (Å²) >= 11 is 0. The maximum absolute atomic E-state index is 11.9. The minimum atomic E-state index is -0.661. The topological polar surface area (TPSA) is 80.5 Å². The van der Waals surface area contributed by atoms with Crippen LogP contribution < -0.4 is 5.73 Å². The molecule has 0 saturated carbocycles. The van der Waals surface area contributed by atoms with Crippen molar-refractivity contribution in [1.82, 2.24) is 4.90 Å². The van der Waals surface area contributed by atoms with E-state index in [1.807, 2.05) is 0 Å². The third-order valence-electron chi connectivity index (χ3n) is 2.48. The van der Waals surface area contributed by atoms with Crippen LogP contribution in [0.1, 0.15) is 27.6 Å². The maximum atomic E-state index is 11.9. The number of benzene rings is 1. The molecule has 5 heteroatoms. The van der Waals surface area contributed by atoms with Crippen LogP contribution in [0.25, 0.3) is 0 Å². The van der Waals surface area contributed by atoms with Gasteiger partial charge in [0.25, 0.3) is 17.7 Å². The molecular weight excluding hydrogens is 220 g/mol. The first-order valence-corrected chi connectivity index (χ1v) is 5.02. The van der Waals surface area contributed by atoms with Crippen LogP contribution in [0.4, 0.5) is 5.69 Å². The number of amides is 3. The van der Waals surface area contributed by atoms with E-state index in [1.165, 1.54) is 18.2 Å². The molecule has 1 aliphatic heterocycles. The fourth-order valence-electron chi connectivity index (χ4n) is 1.73. The van der Waals surface area contributed by atoms with E-state index < -0.39 is 17.7 Å². The third-order valence-corrected chi connectivity index (χ3v) is 2.48. The van der Waals surface area contributed by atoms with E-state index in [2.05, 4.69) is 0 Å². The van der Waals surface area contributed by atoms with Gasteiger partial charge in [-0.05, 0) is 25.1 Å². The van der Waals surface area contributed by atoms with Gasteiger partial charge in [0.15, 0.2) is 0 Å². The number of rotatable bonds is 1. The summed E-state index contributed by atoms with van der Waals surface area (Å²) in [4.78, 5) is 36.0. The van der Waals surface area contributed by atoms with Gasteiger partial charge in [-0.3, -0.25) is 14.4 Å². The normalized spacial score (nSPS) is 14.5. The molecule has 0 spiro atoms. The quantitative estimate of drug-likeness (QED) is 0.443. The zero-order valence-corrected chi connectivity index (χ0v) is 9.14. The van der Waals surface area contributed by atoms with Gasteiger partial charge >= 0.3 is 0 Å². The molecule has 1 aromatic carbocycles. The Morgan fingerprint density at radius 1 is 1.29 bits per heavy atom. The smallest absolute Gasteiger partial charge is 0.270 e. The minimum Gasteiger partial charge on any atom is -0.398 e. The summed E-state index contributed by atoms with van der Waals surface area (Å²) in [6, 6.07) is 4.57. The van der Waals surface area contributed by atoms with E-state index in [9.17, 15) is 14.4 Å². The van der Waals surface area contributed by atoms with E-state index in [0.717, 1.165) is 6.08 Å². The lowest BCUT2D eigenvalue weighted by molar-refractivity contribution is -0.121. The highest BCUT2D eigenvalue weighted by Crippen LogP contribution is 2.27. The monoisotopic (exact) mass is 230 g/mol. The Hall–Kier alpha value is -2.43. The molecule has 0 aliphatic carbocycles. The fraction of sp³-hybridized carbons (Fsp3) is 0.0833. The van der Waals surface area contributed by atoms with Gasteiger partial charge in [0.2, 0.25) is 0 Å². The van der Waals surface area contributed by atoms with Crippen molar-refractivity contribution in [2.75, 3.05) is 5.73 Å². The molecule has 0 unspecified atom stereocenters. The van der Waals surface area contributed by atoms with Gasteiger partial charge < -0.3 is 5.73 Å². The van der Waals surface area contributed by atoms with Gasteiger partial charge in [0.1, 0.15) is 0 Å². The van der Waals surface area contributed by atoms with E-state index in [1.54, 1.807) is 13.0 Å². The second-order valence-electron chi connectivity index (χ2n) is 3.55. The van der Waals surface area contributed by atoms with Crippen molar-refractivity contribution in [2.24, 2.45) is 0 Å². The van der Waals surface area contributed by atoms with Crippen molar-refractivity contribution in [3.8, 4) is 0 Å². The van der Waals surface area contributed by atoms with Crippen LogP contribution in [0, 0.1) is 0 Å². The Morgan fingerprint density at radius 3 is 2.59 bits per heavy atom. The molecule has 0 atom stereocenters. The largest absolute Gasteiger partial charge is 0.398 e. The molecule has 2 N–H and O–H groups in total. The van der Waals surface area contributed by atoms with Crippen LogP contribution in [-0.2, 0) is 4.79 Å². The van der Waals surface area contributed by atoms with Crippen LogP contribution in [0.15, 0.2) is 30.4 Å². The first kappa shape index (κ1) is 11.1. The van der Waals surface area contributed by atoms with Gasteiger partial charge in [0, 0.05) is 5.69 Å². The van der Waals surface area contributed by atoms with Crippen molar-refractivity contribution in [1.29, 1.82) is 0 Å². The average molecular weight is 230 g/mol. The zero-order valence-electron chi connectivity index (χ0n) is 9.14. The zero-order chi connectivity index (χ0) is 12.6. The van der Waals surface area contributed by atoms with Gasteiger partial charge in [-0.15, -0.1) is 0 Å². The van der Waals surface area contributed by atoms with E-state index in [-0.39, 0.29) is 16.8 Å². The summed E-state index contributed by atoms with van der Waals surface area (Å²) in [5.41, 5.74) is 6.12. The molecule has 2 rings (SSSR count). The maximum Gasteiger partial charge on any atom is 0.270 e. The number of carbonyl (C=O) groups excluding carboxylic acids is 3. The Labute approximate surface area is 97.5 Å². The number of hydrogen-bond donors (Lipinski definition) is 1. The lowest BCUT2D eigenvalue weighted by Gasteiger charge is -2.08. The van der Waals surface area contributed by atoms with E-state index >= 15 is 0 Å². The Kier molecular flexibility index (Phi) is 2.51. The molecule has 1 aliphatic rings. The van der Waals surface area contributed by atoms with Gasteiger partial charge in [0.05, 0.1) is 11.1 Å². The number of nitrogens with zero attached hydrogens (tertiary/aromatic N) is 1. The molecular formula is C12H10N2O3. The third kappa shape index (κ3) is 1.52. The Morgan fingerprint density at radius 2 is 2.00 bits per heavy atom. The van der Waals surface area contributed by atoms with Crippen LogP contribution in [0.2, 0.25) is 0 Å². The standard InChI is InChI=1S/C12H10N2O3/c1-2-4-9(15)14-11(16)7-5-3-6-8(13)10(7)12(14)17/h2-6H,13H2,1H3. The number of nitrogen functional groups attached to an aromatic ring is 1. The molecule has 5 nitrogen and oxygen atoms in total. The highest BCUT2D eigenvalue weighted by Gasteiger charge is 2.40. The molecule has 0 bridgehead atoms. The molecule has 0 fully saturated rings. The summed E-state index contributed by atoms with van der Waals surface area (Å²) in [6.45, 7) is 1.63.